The van der Waals surface area contributed by atoms with Crippen LogP contribution >= 0.6 is 11.8 Å². The number of thioether (sulfide) groups is 1. The van der Waals surface area contributed by atoms with Crippen molar-refractivity contribution in [3.63, 3.8) is 0 Å². The molecule has 23 heavy (non-hydrogen) atoms. The first-order valence-electron chi connectivity index (χ1n) is 7.49. The predicted octanol–water partition coefficient (Wildman–Crippen LogP) is 3.23. The first kappa shape index (κ1) is 19.4. The molecule has 128 valence electrons. The minimum Gasteiger partial charge on any atom is -0.495 e. The van der Waals surface area contributed by atoms with Crippen LogP contribution < -0.4 is 10.1 Å². The average Bonchev–Trinajstić information content (AvgIpc) is 2.46. The minimum atomic E-state index is -0.308. The van der Waals surface area contributed by atoms with E-state index in [-0.39, 0.29) is 28.8 Å². The Morgan fingerprint density at radius 1 is 1.22 bits per heavy atom. The van der Waals surface area contributed by atoms with Crippen LogP contribution in [0.15, 0.2) is 18.2 Å². The maximum atomic E-state index is 12.0. The van der Waals surface area contributed by atoms with Crippen molar-refractivity contribution in [3.05, 3.63) is 23.8 Å². The Morgan fingerprint density at radius 2 is 1.91 bits per heavy atom. The molecule has 0 aliphatic heterocycles. The smallest absolute Gasteiger partial charge is 0.315 e. The number of hydrogen-bond acceptors (Lipinski definition) is 5. The summed E-state index contributed by atoms with van der Waals surface area (Å²) >= 11 is 1.22. The highest BCUT2D eigenvalue weighted by Crippen LogP contribution is 2.31. The quantitative estimate of drug-likeness (QED) is 0.773. The fraction of sp³-hybridized carbons (Fsp3) is 0.529. The maximum absolute atomic E-state index is 12.0. The molecule has 0 bridgehead atoms. The maximum Gasteiger partial charge on any atom is 0.315 e. The number of anilines is 1. The fourth-order valence-electron chi connectivity index (χ4n) is 1.89. The van der Waals surface area contributed by atoms with Crippen molar-refractivity contribution in [1.82, 2.24) is 0 Å². The van der Waals surface area contributed by atoms with Crippen LogP contribution in [0.25, 0.3) is 0 Å². The summed E-state index contributed by atoms with van der Waals surface area (Å²) in [6, 6.07) is 5.76. The lowest BCUT2D eigenvalue weighted by molar-refractivity contribution is -0.139. The Morgan fingerprint density at radius 3 is 2.48 bits per heavy atom. The number of carbonyl (C=O) groups is 2. The van der Waals surface area contributed by atoms with Crippen LogP contribution in [0.3, 0.4) is 0 Å². The summed E-state index contributed by atoms with van der Waals surface area (Å²) in [5.41, 5.74) is 1.72. The van der Waals surface area contributed by atoms with Gasteiger partial charge in [-0.1, -0.05) is 26.8 Å². The van der Waals surface area contributed by atoms with Crippen LogP contribution in [0.1, 0.15) is 33.3 Å². The molecule has 0 saturated carbocycles. The second-order valence-corrected chi connectivity index (χ2v) is 7.00. The largest absolute Gasteiger partial charge is 0.495 e. The number of ether oxygens (including phenoxy) is 2. The summed E-state index contributed by atoms with van der Waals surface area (Å²) in [4.78, 5) is 23.3. The standard InChI is InChI=1S/C17H25NO4S/c1-6-22-16(20)11-23-10-15(19)18-13-9-12(17(2,3)4)7-8-14(13)21-5/h7-9H,6,10-11H2,1-5H3,(H,18,19). The van der Waals surface area contributed by atoms with Crippen molar-refractivity contribution in [1.29, 1.82) is 0 Å². The average molecular weight is 339 g/mol. The number of rotatable bonds is 7. The van der Waals surface area contributed by atoms with Crippen LogP contribution in [0, 0.1) is 0 Å². The molecule has 6 heteroatoms. The topological polar surface area (TPSA) is 64.6 Å². The van der Waals surface area contributed by atoms with E-state index in [0.29, 0.717) is 18.0 Å². The summed E-state index contributed by atoms with van der Waals surface area (Å²) in [6.45, 7) is 8.42. The second kappa shape index (κ2) is 8.82. The van der Waals surface area contributed by atoms with Gasteiger partial charge in [0.15, 0.2) is 0 Å². The minimum absolute atomic E-state index is 0.0234. The zero-order valence-corrected chi connectivity index (χ0v) is 15.2. The molecule has 1 amide bonds. The van der Waals surface area contributed by atoms with Crippen LogP contribution in [0.5, 0.6) is 5.75 Å². The van der Waals surface area contributed by atoms with Crippen LogP contribution in [-0.4, -0.2) is 37.1 Å². The highest BCUT2D eigenvalue weighted by atomic mass is 32.2. The number of nitrogens with one attached hydrogen (secondary N) is 1. The number of benzene rings is 1. The molecule has 0 aromatic heterocycles. The van der Waals surface area contributed by atoms with E-state index in [0.717, 1.165) is 5.56 Å². The first-order chi connectivity index (χ1) is 10.8. The molecule has 0 heterocycles. The van der Waals surface area contributed by atoms with E-state index in [1.807, 2.05) is 18.2 Å². The molecule has 5 nitrogen and oxygen atoms in total. The van der Waals surface area contributed by atoms with Gasteiger partial charge in [-0.3, -0.25) is 9.59 Å². The summed E-state index contributed by atoms with van der Waals surface area (Å²) in [5, 5.41) is 2.84. The van der Waals surface area contributed by atoms with Gasteiger partial charge in [-0.15, -0.1) is 11.8 Å². The van der Waals surface area contributed by atoms with Crippen LogP contribution in [-0.2, 0) is 19.7 Å². The third kappa shape index (κ3) is 6.52. The van der Waals surface area contributed by atoms with Gasteiger partial charge < -0.3 is 14.8 Å². The molecule has 0 fully saturated rings. The normalized spacial score (nSPS) is 11.0. The monoisotopic (exact) mass is 339 g/mol. The van der Waals surface area contributed by atoms with Crippen molar-refractivity contribution in [2.75, 3.05) is 30.5 Å². The molecular formula is C17H25NO4S. The Labute approximate surface area is 142 Å². The second-order valence-electron chi connectivity index (χ2n) is 6.01. The third-order valence-corrected chi connectivity index (χ3v) is 4.00. The van der Waals surface area contributed by atoms with E-state index < -0.39 is 0 Å². The molecule has 1 N–H and O–H groups in total. The van der Waals surface area contributed by atoms with E-state index in [9.17, 15) is 9.59 Å². The van der Waals surface area contributed by atoms with Crippen molar-refractivity contribution < 1.29 is 19.1 Å². The number of hydrogen-bond donors (Lipinski definition) is 1. The number of esters is 1. The zero-order valence-electron chi connectivity index (χ0n) is 14.4. The molecule has 0 atom stereocenters. The van der Waals surface area contributed by atoms with E-state index in [2.05, 4.69) is 26.1 Å². The van der Waals surface area contributed by atoms with Gasteiger partial charge in [-0.25, -0.2) is 0 Å². The van der Waals surface area contributed by atoms with Crippen molar-refractivity contribution >= 4 is 29.3 Å². The van der Waals surface area contributed by atoms with Gasteiger partial charge in [0.25, 0.3) is 0 Å². The molecular weight excluding hydrogens is 314 g/mol. The number of amides is 1. The molecule has 0 spiro atoms. The summed E-state index contributed by atoms with van der Waals surface area (Å²) in [6.07, 6.45) is 0. The van der Waals surface area contributed by atoms with E-state index in [1.165, 1.54) is 11.8 Å². The number of methoxy groups -OCH3 is 1. The molecule has 1 aromatic rings. The Bertz CT molecular complexity index is 552. The summed E-state index contributed by atoms with van der Waals surface area (Å²) in [5.74, 6) is 0.477. The van der Waals surface area contributed by atoms with E-state index in [4.69, 9.17) is 9.47 Å². The predicted molar refractivity (Wildman–Crippen MR) is 94.3 cm³/mol. The molecule has 0 unspecified atom stereocenters. The highest BCUT2D eigenvalue weighted by Gasteiger charge is 2.17. The molecule has 0 radical (unpaired) electrons. The SMILES string of the molecule is CCOC(=O)CSCC(=O)Nc1cc(C(C)(C)C)ccc1OC. The molecule has 0 aliphatic carbocycles. The Hall–Kier alpha value is -1.69. The van der Waals surface area contributed by atoms with Crippen molar-refractivity contribution in [3.8, 4) is 5.75 Å². The van der Waals surface area contributed by atoms with E-state index >= 15 is 0 Å². The van der Waals surface area contributed by atoms with Gasteiger partial charge in [0.05, 0.1) is 30.9 Å². The molecule has 1 aromatic carbocycles. The van der Waals surface area contributed by atoms with Gasteiger partial charge >= 0.3 is 5.97 Å². The van der Waals surface area contributed by atoms with Gasteiger partial charge in [0.1, 0.15) is 5.75 Å². The zero-order chi connectivity index (χ0) is 17.5. The van der Waals surface area contributed by atoms with Crippen molar-refractivity contribution in [2.24, 2.45) is 0 Å². The summed E-state index contributed by atoms with van der Waals surface area (Å²) < 4.78 is 10.1. The van der Waals surface area contributed by atoms with Gasteiger partial charge in [0, 0.05) is 0 Å². The van der Waals surface area contributed by atoms with Gasteiger partial charge in [-0.2, -0.15) is 0 Å². The highest BCUT2D eigenvalue weighted by molar-refractivity contribution is 8.00. The van der Waals surface area contributed by atoms with E-state index in [1.54, 1.807) is 14.0 Å². The lowest BCUT2D eigenvalue weighted by Crippen LogP contribution is -2.18. The van der Waals surface area contributed by atoms with Crippen LogP contribution in [0.2, 0.25) is 0 Å². The Balaban J connectivity index is 2.67. The lowest BCUT2D eigenvalue weighted by atomic mass is 9.87. The lowest BCUT2D eigenvalue weighted by Gasteiger charge is -2.21. The van der Waals surface area contributed by atoms with Gasteiger partial charge in [0.2, 0.25) is 5.91 Å². The molecule has 0 saturated heterocycles. The van der Waals surface area contributed by atoms with Crippen LogP contribution in [0.4, 0.5) is 5.69 Å². The molecule has 0 aliphatic rings. The van der Waals surface area contributed by atoms with Crippen molar-refractivity contribution in [2.45, 2.75) is 33.1 Å². The third-order valence-electron chi connectivity index (χ3n) is 3.10. The van der Waals surface area contributed by atoms with Gasteiger partial charge in [-0.05, 0) is 30.0 Å². The number of carbonyl (C=O) groups excluding carboxylic acids is 2. The Kier molecular flexibility index (Phi) is 7.42. The fourth-order valence-corrected chi connectivity index (χ4v) is 2.50. The molecule has 1 rings (SSSR count). The summed E-state index contributed by atoms with van der Waals surface area (Å²) in [7, 11) is 1.57. The first-order valence-corrected chi connectivity index (χ1v) is 8.65.